The van der Waals surface area contributed by atoms with Gasteiger partial charge in [-0.3, -0.25) is 4.79 Å². The van der Waals surface area contributed by atoms with Gasteiger partial charge in [-0.25, -0.2) is 9.67 Å². The van der Waals surface area contributed by atoms with Crippen LogP contribution in [0.2, 0.25) is 0 Å². The lowest BCUT2D eigenvalue weighted by atomic mass is 10.3. The predicted molar refractivity (Wildman–Crippen MR) is 66.4 cm³/mol. The van der Waals surface area contributed by atoms with Crippen molar-refractivity contribution in [3.63, 3.8) is 0 Å². The van der Waals surface area contributed by atoms with Crippen molar-refractivity contribution in [2.45, 2.75) is 20.3 Å². The van der Waals surface area contributed by atoms with E-state index >= 15 is 0 Å². The number of rotatable bonds is 4. The normalized spacial score (nSPS) is 10.3. The van der Waals surface area contributed by atoms with Gasteiger partial charge in [0.05, 0.1) is 18.7 Å². The zero-order valence-electron chi connectivity index (χ0n) is 10.5. The van der Waals surface area contributed by atoms with E-state index in [0.29, 0.717) is 12.3 Å². The smallest absolute Gasteiger partial charge is 0.311 e. The monoisotopic (exact) mass is 245 g/mol. The molecule has 94 valence electrons. The van der Waals surface area contributed by atoms with Crippen LogP contribution in [0.1, 0.15) is 18.3 Å². The summed E-state index contributed by atoms with van der Waals surface area (Å²) in [6.07, 6.45) is 1.98. The summed E-state index contributed by atoms with van der Waals surface area (Å²) >= 11 is 0. The molecule has 0 aliphatic rings. The van der Waals surface area contributed by atoms with Crippen LogP contribution < -0.4 is 0 Å². The molecule has 0 unspecified atom stereocenters. The first-order chi connectivity index (χ1) is 8.69. The van der Waals surface area contributed by atoms with E-state index in [2.05, 4.69) is 10.1 Å². The third-order valence-electron chi connectivity index (χ3n) is 2.38. The predicted octanol–water partition coefficient (Wildman–Crippen LogP) is 1.68. The van der Waals surface area contributed by atoms with Crippen molar-refractivity contribution in [3.8, 4) is 5.82 Å². The lowest BCUT2D eigenvalue weighted by Crippen LogP contribution is -2.08. The number of aromatic nitrogens is 3. The van der Waals surface area contributed by atoms with Gasteiger partial charge in [-0.05, 0) is 32.0 Å². The lowest BCUT2D eigenvalue weighted by molar-refractivity contribution is -0.142. The quantitative estimate of drug-likeness (QED) is 0.769. The Balaban J connectivity index is 2.13. The highest BCUT2D eigenvalue weighted by Gasteiger charge is 2.08. The van der Waals surface area contributed by atoms with Gasteiger partial charge in [0.2, 0.25) is 0 Å². The molecule has 0 aliphatic carbocycles. The number of hydrogen-bond acceptors (Lipinski definition) is 4. The fourth-order valence-corrected chi connectivity index (χ4v) is 1.60. The number of aryl methyl sites for hydroxylation is 1. The van der Waals surface area contributed by atoms with E-state index in [0.717, 1.165) is 11.5 Å². The van der Waals surface area contributed by atoms with E-state index in [1.807, 2.05) is 25.1 Å². The van der Waals surface area contributed by atoms with Crippen LogP contribution in [0.15, 0.2) is 30.5 Å². The summed E-state index contributed by atoms with van der Waals surface area (Å²) in [7, 11) is 0. The molecule has 0 N–H and O–H groups in total. The first-order valence-corrected chi connectivity index (χ1v) is 5.83. The third-order valence-corrected chi connectivity index (χ3v) is 2.38. The second-order valence-corrected chi connectivity index (χ2v) is 3.87. The highest BCUT2D eigenvalue weighted by molar-refractivity contribution is 5.71. The van der Waals surface area contributed by atoms with Crippen LogP contribution in [-0.2, 0) is 16.0 Å². The molecule has 0 radical (unpaired) electrons. The Morgan fingerprint density at radius 3 is 2.94 bits per heavy atom. The fraction of sp³-hybridized carbons (Fsp3) is 0.308. The van der Waals surface area contributed by atoms with Crippen LogP contribution >= 0.6 is 0 Å². The summed E-state index contributed by atoms with van der Waals surface area (Å²) in [5.41, 5.74) is 1.60. The molecule has 0 aliphatic heterocycles. The van der Waals surface area contributed by atoms with Gasteiger partial charge >= 0.3 is 5.97 Å². The van der Waals surface area contributed by atoms with Crippen molar-refractivity contribution in [2.75, 3.05) is 6.61 Å². The molecule has 18 heavy (non-hydrogen) atoms. The van der Waals surface area contributed by atoms with E-state index in [1.165, 1.54) is 0 Å². The summed E-state index contributed by atoms with van der Waals surface area (Å²) in [6, 6.07) is 7.51. The Hall–Kier alpha value is -2.17. The van der Waals surface area contributed by atoms with E-state index < -0.39 is 0 Å². The Morgan fingerprint density at radius 1 is 1.39 bits per heavy atom. The molecule has 0 bridgehead atoms. The van der Waals surface area contributed by atoms with E-state index in [1.54, 1.807) is 23.9 Å². The molecular formula is C13H15N3O2. The van der Waals surface area contributed by atoms with Gasteiger partial charge in [-0.1, -0.05) is 6.07 Å². The largest absolute Gasteiger partial charge is 0.466 e. The van der Waals surface area contributed by atoms with Crippen molar-refractivity contribution < 1.29 is 9.53 Å². The van der Waals surface area contributed by atoms with Gasteiger partial charge in [-0.15, -0.1) is 0 Å². The summed E-state index contributed by atoms with van der Waals surface area (Å²) in [5, 5.41) is 4.30. The van der Waals surface area contributed by atoms with Crippen LogP contribution in [0.5, 0.6) is 0 Å². The first-order valence-electron chi connectivity index (χ1n) is 5.83. The average molecular weight is 245 g/mol. The number of pyridine rings is 1. The van der Waals surface area contributed by atoms with Gasteiger partial charge in [0.25, 0.3) is 0 Å². The number of esters is 1. The highest BCUT2D eigenvalue weighted by atomic mass is 16.5. The molecule has 2 rings (SSSR count). The third kappa shape index (κ3) is 2.94. The van der Waals surface area contributed by atoms with Crippen LogP contribution in [0, 0.1) is 6.92 Å². The van der Waals surface area contributed by atoms with E-state index in [-0.39, 0.29) is 12.4 Å². The SMILES string of the molecule is CCOC(=O)Cc1ccn(-c2cccc(C)n2)n1. The van der Waals surface area contributed by atoms with E-state index in [9.17, 15) is 4.79 Å². The summed E-state index contributed by atoms with van der Waals surface area (Å²) in [4.78, 5) is 15.7. The molecule has 2 aromatic heterocycles. The molecule has 5 heteroatoms. The number of hydrogen-bond donors (Lipinski definition) is 0. The molecule has 0 atom stereocenters. The van der Waals surface area contributed by atoms with Crippen LogP contribution in [0.3, 0.4) is 0 Å². The summed E-state index contributed by atoms with van der Waals surface area (Å²) in [6.45, 7) is 4.10. The van der Waals surface area contributed by atoms with Crippen molar-refractivity contribution in [1.82, 2.24) is 14.8 Å². The van der Waals surface area contributed by atoms with Gasteiger partial charge in [0, 0.05) is 11.9 Å². The fourth-order valence-electron chi connectivity index (χ4n) is 1.60. The maximum absolute atomic E-state index is 11.3. The number of carbonyl (C=O) groups is 1. The Bertz CT molecular complexity index is 549. The van der Waals surface area contributed by atoms with Gasteiger partial charge in [0.1, 0.15) is 0 Å². The zero-order valence-corrected chi connectivity index (χ0v) is 10.5. The molecule has 2 aromatic rings. The topological polar surface area (TPSA) is 57.0 Å². The first kappa shape index (κ1) is 12.3. The molecule has 0 saturated heterocycles. The van der Waals surface area contributed by atoms with Crippen molar-refractivity contribution in [3.05, 3.63) is 41.9 Å². The molecule has 0 amide bonds. The molecule has 5 nitrogen and oxygen atoms in total. The second kappa shape index (κ2) is 5.44. The van der Waals surface area contributed by atoms with Crippen molar-refractivity contribution in [2.24, 2.45) is 0 Å². The molecule has 2 heterocycles. The van der Waals surface area contributed by atoms with Crippen LogP contribution in [0.4, 0.5) is 0 Å². The maximum atomic E-state index is 11.3. The van der Waals surface area contributed by atoms with E-state index in [4.69, 9.17) is 4.74 Å². The van der Waals surface area contributed by atoms with Crippen LogP contribution in [-0.4, -0.2) is 27.3 Å². The highest BCUT2D eigenvalue weighted by Crippen LogP contribution is 2.06. The Morgan fingerprint density at radius 2 is 2.22 bits per heavy atom. The minimum Gasteiger partial charge on any atom is -0.466 e. The average Bonchev–Trinajstić information content (AvgIpc) is 2.78. The number of carbonyl (C=O) groups excluding carboxylic acids is 1. The Kier molecular flexibility index (Phi) is 3.72. The standard InChI is InChI=1S/C13H15N3O2/c1-3-18-13(17)9-11-7-8-16(15-11)12-6-4-5-10(2)14-12/h4-8H,3,9H2,1-2H3. The minimum atomic E-state index is -0.264. The number of nitrogens with zero attached hydrogens (tertiary/aromatic N) is 3. The second-order valence-electron chi connectivity index (χ2n) is 3.87. The zero-order chi connectivity index (χ0) is 13.0. The van der Waals surface area contributed by atoms with Gasteiger partial charge in [-0.2, -0.15) is 5.10 Å². The number of ether oxygens (including phenoxy) is 1. The molecule has 0 spiro atoms. The van der Waals surface area contributed by atoms with Crippen LogP contribution in [0.25, 0.3) is 5.82 Å². The van der Waals surface area contributed by atoms with Gasteiger partial charge in [0.15, 0.2) is 5.82 Å². The molecule has 0 aromatic carbocycles. The molecule has 0 saturated carbocycles. The van der Waals surface area contributed by atoms with Gasteiger partial charge < -0.3 is 4.74 Å². The lowest BCUT2D eigenvalue weighted by Gasteiger charge is -2.01. The van der Waals surface area contributed by atoms with Crippen molar-refractivity contribution in [1.29, 1.82) is 0 Å². The summed E-state index contributed by atoms with van der Waals surface area (Å²) < 4.78 is 6.53. The molecule has 0 fully saturated rings. The maximum Gasteiger partial charge on any atom is 0.311 e. The molecular weight excluding hydrogens is 230 g/mol. The Labute approximate surface area is 105 Å². The summed E-state index contributed by atoms with van der Waals surface area (Å²) in [5.74, 6) is 0.477. The van der Waals surface area contributed by atoms with Crippen molar-refractivity contribution >= 4 is 5.97 Å². The minimum absolute atomic E-state index is 0.187.